The minimum Gasteiger partial charge on any atom is -0.273 e. The van der Waals surface area contributed by atoms with Gasteiger partial charge >= 0.3 is 0 Å². The number of nitrogens with one attached hydrogen (secondary N) is 1. The fourth-order valence-electron chi connectivity index (χ4n) is 3.26. The maximum atomic E-state index is 12.9. The van der Waals surface area contributed by atoms with Crippen LogP contribution in [0.1, 0.15) is 36.8 Å². The molecule has 1 amide bonds. The third-order valence-corrected chi connectivity index (χ3v) is 5.72. The summed E-state index contributed by atoms with van der Waals surface area (Å²) in [6.07, 6.45) is 6.86. The molecule has 126 valence electrons. The molecule has 1 saturated carbocycles. The van der Waals surface area contributed by atoms with Gasteiger partial charge in [-0.25, -0.2) is 9.71 Å². The molecule has 0 saturated heterocycles. The molecule has 0 aliphatic heterocycles. The van der Waals surface area contributed by atoms with Gasteiger partial charge in [-0.15, -0.1) is 0 Å². The van der Waals surface area contributed by atoms with Crippen LogP contribution in [-0.2, 0) is 20.2 Å². The Labute approximate surface area is 141 Å². The monoisotopic (exact) mass is 345 g/mol. The second kappa shape index (κ2) is 6.32. The summed E-state index contributed by atoms with van der Waals surface area (Å²) in [5.41, 5.74) is 1.11. The molecule has 1 N–H and O–H groups in total. The van der Waals surface area contributed by atoms with Crippen molar-refractivity contribution in [1.29, 1.82) is 0 Å². The Morgan fingerprint density at radius 1 is 1.21 bits per heavy atom. The van der Waals surface area contributed by atoms with E-state index in [0.717, 1.165) is 30.2 Å². The minimum absolute atomic E-state index is 0.254. The third kappa shape index (κ3) is 3.03. The van der Waals surface area contributed by atoms with Crippen molar-refractivity contribution in [3.63, 3.8) is 0 Å². The fraction of sp³-hybridized carbons (Fsp3) is 0.353. The fourth-order valence-corrected chi connectivity index (χ4v) is 4.21. The molecule has 1 aliphatic rings. The molecule has 3 rings (SSSR count). The Morgan fingerprint density at radius 3 is 2.58 bits per heavy atom. The number of hydrogen-bond acceptors (Lipinski definition) is 5. The van der Waals surface area contributed by atoms with E-state index in [9.17, 15) is 13.2 Å². The predicted molar refractivity (Wildman–Crippen MR) is 88.7 cm³/mol. The van der Waals surface area contributed by atoms with Gasteiger partial charge in [0.25, 0.3) is 10.0 Å². The number of hydrogen-bond donors (Lipinski definition) is 1. The lowest BCUT2D eigenvalue weighted by Gasteiger charge is -2.28. The van der Waals surface area contributed by atoms with Gasteiger partial charge in [0.15, 0.2) is 5.03 Å². The highest BCUT2D eigenvalue weighted by molar-refractivity contribution is 7.90. The van der Waals surface area contributed by atoms with E-state index in [-0.39, 0.29) is 5.03 Å². The number of aromatic nitrogens is 2. The number of aryl methyl sites for hydroxylation is 1. The van der Waals surface area contributed by atoms with E-state index in [1.54, 1.807) is 0 Å². The molecule has 0 spiro atoms. The van der Waals surface area contributed by atoms with Gasteiger partial charge in [0.05, 0.1) is 11.6 Å². The number of benzene rings is 1. The van der Waals surface area contributed by atoms with Crippen molar-refractivity contribution < 1.29 is 13.2 Å². The lowest BCUT2D eigenvalue weighted by molar-refractivity contribution is -0.124. The lowest BCUT2D eigenvalue weighted by atomic mass is 9.78. The van der Waals surface area contributed by atoms with Gasteiger partial charge in [-0.1, -0.05) is 42.7 Å². The molecule has 24 heavy (non-hydrogen) atoms. The first kappa shape index (κ1) is 16.6. The summed E-state index contributed by atoms with van der Waals surface area (Å²) < 4.78 is 27.0. The summed E-state index contributed by atoms with van der Waals surface area (Å²) >= 11 is 0. The molecule has 0 unspecified atom stereocenters. The second-order valence-electron chi connectivity index (χ2n) is 6.14. The highest BCUT2D eigenvalue weighted by Crippen LogP contribution is 2.41. The van der Waals surface area contributed by atoms with E-state index >= 15 is 0 Å². The first-order chi connectivity index (χ1) is 11.4. The van der Waals surface area contributed by atoms with Gasteiger partial charge in [-0.05, 0) is 25.3 Å². The summed E-state index contributed by atoms with van der Waals surface area (Å²) in [5, 5.41) is -0.254. The third-order valence-electron chi connectivity index (χ3n) is 4.50. The van der Waals surface area contributed by atoms with E-state index in [1.165, 1.54) is 12.4 Å². The zero-order valence-electron chi connectivity index (χ0n) is 13.4. The normalized spacial score (nSPS) is 16.7. The molecular weight excluding hydrogens is 326 g/mol. The van der Waals surface area contributed by atoms with Crippen LogP contribution in [0.25, 0.3) is 0 Å². The van der Waals surface area contributed by atoms with Crippen LogP contribution in [0.15, 0.2) is 47.9 Å². The predicted octanol–water partition coefficient (Wildman–Crippen LogP) is 2.10. The second-order valence-corrected chi connectivity index (χ2v) is 7.77. The number of amides is 1. The van der Waals surface area contributed by atoms with Crippen LogP contribution < -0.4 is 4.72 Å². The smallest absolute Gasteiger partial charge is 0.273 e. The first-order valence-corrected chi connectivity index (χ1v) is 9.33. The Morgan fingerprint density at radius 2 is 1.96 bits per heavy atom. The molecule has 1 heterocycles. The molecule has 0 bridgehead atoms. The van der Waals surface area contributed by atoms with Crippen LogP contribution in [0.5, 0.6) is 0 Å². The zero-order chi connectivity index (χ0) is 17.2. The number of rotatable bonds is 4. The maximum Gasteiger partial charge on any atom is 0.283 e. The standard InChI is InChI=1S/C17H19N3O3S/c1-13-5-4-6-14(11-13)17(7-2-3-8-17)16(21)20-24(22,23)15-12-18-9-10-19-15/h4-6,9-12H,2-3,7-8H2,1H3,(H,20,21). The number of sulfonamides is 1. The Balaban J connectivity index is 1.94. The van der Waals surface area contributed by atoms with Crippen LogP contribution in [0.4, 0.5) is 0 Å². The van der Waals surface area contributed by atoms with Crippen LogP contribution >= 0.6 is 0 Å². The zero-order valence-corrected chi connectivity index (χ0v) is 14.2. The van der Waals surface area contributed by atoms with Gasteiger partial charge in [0, 0.05) is 12.4 Å². The number of carbonyl (C=O) groups is 1. The van der Waals surface area contributed by atoms with Crippen LogP contribution in [0.3, 0.4) is 0 Å². The maximum absolute atomic E-state index is 12.9. The van der Waals surface area contributed by atoms with Crippen molar-refractivity contribution in [3.05, 3.63) is 54.0 Å². The summed E-state index contributed by atoms with van der Waals surface area (Å²) in [6.45, 7) is 1.96. The van der Waals surface area contributed by atoms with Gasteiger partial charge in [0.2, 0.25) is 5.91 Å². The Hall–Kier alpha value is -2.28. The van der Waals surface area contributed by atoms with E-state index in [2.05, 4.69) is 14.7 Å². The summed E-state index contributed by atoms with van der Waals surface area (Å²) in [5.74, 6) is -0.490. The van der Waals surface area contributed by atoms with E-state index < -0.39 is 21.3 Å². The van der Waals surface area contributed by atoms with Crippen molar-refractivity contribution in [2.45, 2.75) is 43.0 Å². The molecule has 1 fully saturated rings. The van der Waals surface area contributed by atoms with Crippen molar-refractivity contribution in [3.8, 4) is 0 Å². The first-order valence-electron chi connectivity index (χ1n) is 7.84. The van der Waals surface area contributed by atoms with Gasteiger partial charge in [-0.2, -0.15) is 8.42 Å². The molecule has 0 radical (unpaired) electrons. The van der Waals surface area contributed by atoms with Crippen molar-refractivity contribution in [2.75, 3.05) is 0 Å². The molecule has 1 aromatic heterocycles. The van der Waals surface area contributed by atoms with Crippen molar-refractivity contribution in [1.82, 2.24) is 14.7 Å². The Bertz CT molecular complexity index is 844. The number of carbonyl (C=O) groups excluding carboxylic acids is 1. The Kier molecular flexibility index (Phi) is 4.36. The van der Waals surface area contributed by atoms with Crippen LogP contribution in [0, 0.1) is 6.92 Å². The van der Waals surface area contributed by atoms with E-state index in [0.29, 0.717) is 12.8 Å². The number of nitrogens with zero attached hydrogens (tertiary/aromatic N) is 2. The lowest BCUT2D eigenvalue weighted by Crippen LogP contribution is -2.45. The topological polar surface area (TPSA) is 89.0 Å². The summed E-state index contributed by atoms with van der Waals surface area (Å²) in [6, 6.07) is 7.71. The van der Waals surface area contributed by atoms with Crippen molar-refractivity contribution in [2.24, 2.45) is 0 Å². The van der Waals surface area contributed by atoms with Gasteiger partial charge in [-0.3, -0.25) is 9.78 Å². The quantitative estimate of drug-likeness (QED) is 0.916. The van der Waals surface area contributed by atoms with Crippen molar-refractivity contribution >= 4 is 15.9 Å². The molecule has 1 aromatic carbocycles. The highest BCUT2D eigenvalue weighted by atomic mass is 32.2. The van der Waals surface area contributed by atoms with Gasteiger partial charge < -0.3 is 0 Å². The van der Waals surface area contributed by atoms with Gasteiger partial charge in [0.1, 0.15) is 0 Å². The molecule has 0 atom stereocenters. The summed E-state index contributed by atoms with van der Waals surface area (Å²) in [7, 11) is -4.03. The molecule has 6 nitrogen and oxygen atoms in total. The van der Waals surface area contributed by atoms with E-state index in [1.807, 2.05) is 31.2 Å². The average Bonchev–Trinajstić information content (AvgIpc) is 3.06. The van der Waals surface area contributed by atoms with E-state index in [4.69, 9.17) is 0 Å². The molecule has 2 aromatic rings. The largest absolute Gasteiger partial charge is 0.283 e. The minimum atomic E-state index is -4.03. The highest BCUT2D eigenvalue weighted by Gasteiger charge is 2.44. The summed E-state index contributed by atoms with van der Waals surface area (Å²) in [4.78, 5) is 20.5. The van der Waals surface area contributed by atoms with Crippen LogP contribution in [0.2, 0.25) is 0 Å². The molecule has 7 heteroatoms. The molecule has 1 aliphatic carbocycles. The average molecular weight is 345 g/mol. The SMILES string of the molecule is Cc1cccc(C2(C(=O)NS(=O)(=O)c3cnccn3)CCCC2)c1. The molecular formula is C17H19N3O3S. The van der Waals surface area contributed by atoms with Crippen LogP contribution in [-0.4, -0.2) is 24.3 Å².